The number of aryl methyl sites for hydroxylation is 2. The van der Waals surface area contributed by atoms with Crippen LogP contribution in [-0.2, 0) is 4.79 Å². The predicted octanol–water partition coefficient (Wildman–Crippen LogP) is 1.67. The van der Waals surface area contributed by atoms with Gasteiger partial charge in [0.15, 0.2) is 0 Å². The van der Waals surface area contributed by atoms with E-state index in [1.54, 1.807) is 0 Å². The first-order chi connectivity index (χ1) is 9.06. The molecule has 4 nitrogen and oxygen atoms in total. The van der Waals surface area contributed by atoms with E-state index in [9.17, 15) is 4.79 Å². The second-order valence-corrected chi connectivity index (χ2v) is 5.43. The SMILES string of the molecule is Cc1cccc(C)c1NC(=O)CN1CCC(N)CC1. The normalized spacial score (nSPS) is 17.4. The lowest BCUT2D eigenvalue weighted by molar-refractivity contribution is -0.117. The minimum atomic E-state index is 0.0628. The van der Waals surface area contributed by atoms with Gasteiger partial charge in [-0.15, -0.1) is 0 Å². The Bertz CT molecular complexity index is 430. The summed E-state index contributed by atoms with van der Waals surface area (Å²) in [5.74, 6) is 0.0628. The molecular formula is C15H23N3O. The van der Waals surface area contributed by atoms with Gasteiger partial charge in [-0.25, -0.2) is 0 Å². The Hall–Kier alpha value is -1.39. The van der Waals surface area contributed by atoms with Gasteiger partial charge in [-0.05, 0) is 37.8 Å². The third-order valence-electron chi connectivity index (χ3n) is 3.74. The van der Waals surface area contributed by atoms with Crippen LogP contribution in [0, 0.1) is 13.8 Å². The van der Waals surface area contributed by atoms with Crippen molar-refractivity contribution in [2.75, 3.05) is 25.0 Å². The molecule has 1 aromatic carbocycles. The van der Waals surface area contributed by atoms with Gasteiger partial charge in [-0.2, -0.15) is 0 Å². The van der Waals surface area contributed by atoms with Crippen LogP contribution >= 0.6 is 0 Å². The summed E-state index contributed by atoms with van der Waals surface area (Å²) in [4.78, 5) is 14.3. The number of nitrogens with two attached hydrogens (primary N) is 1. The molecule has 104 valence electrons. The Morgan fingerprint density at radius 3 is 2.47 bits per heavy atom. The highest BCUT2D eigenvalue weighted by Crippen LogP contribution is 2.19. The zero-order valence-corrected chi connectivity index (χ0v) is 11.8. The molecule has 1 aliphatic rings. The van der Waals surface area contributed by atoms with Crippen molar-refractivity contribution >= 4 is 11.6 Å². The smallest absolute Gasteiger partial charge is 0.238 e. The van der Waals surface area contributed by atoms with Crippen molar-refractivity contribution in [1.29, 1.82) is 0 Å². The Kier molecular flexibility index (Phi) is 4.56. The summed E-state index contributed by atoms with van der Waals surface area (Å²) < 4.78 is 0. The first kappa shape index (κ1) is 14.0. The molecule has 1 aliphatic heterocycles. The van der Waals surface area contributed by atoms with E-state index >= 15 is 0 Å². The van der Waals surface area contributed by atoms with Crippen molar-refractivity contribution in [2.24, 2.45) is 5.73 Å². The number of para-hydroxylation sites is 1. The minimum Gasteiger partial charge on any atom is -0.328 e. The van der Waals surface area contributed by atoms with Crippen molar-refractivity contribution in [3.63, 3.8) is 0 Å². The van der Waals surface area contributed by atoms with Crippen LogP contribution in [0.15, 0.2) is 18.2 Å². The number of rotatable bonds is 3. The Morgan fingerprint density at radius 1 is 1.32 bits per heavy atom. The summed E-state index contributed by atoms with van der Waals surface area (Å²) in [5.41, 5.74) is 9.02. The number of nitrogens with one attached hydrogen (secondary N) is 1. The van der Waals surface area contributed by atoms with Crippen LogP contribution in [0.25, 0.3) is 0 Å². The van der Waals surface area contributed by atoms with Gasteiger partial charge < -0.3 is 11.1 Å². The number of carbonyl (C=O) groups is 1. The fourth-order valence-corrected chi connectivity index (χ4v) is 2.50. The molecule has 0 radical (unpaired) electrons. The average molecular weight is 261 g/mol. The lowest BCUT2D eigenvalue weighted by Crippen LogP contribution is -2.43. The van der Waals surface area contributed by atoms with E-state index in [-0.39, 0.29) is 5.91 Å². The van der Waals surface area contributed by atoms with Gasteiger partial charge in [-0.3, -0.25) is 9.69 Å². The number of hydrogen-bond acceptors (Lipinski definition) is 3. The number of hydrogen-bond donors (Lipinski definition) is 2. The Morgan fingerprint density at radius 2 is 1.89 bits per heavy atom. The molecule has 1 fully saturated rings. The largest absolute Gasteiger partial charge is 0.328 e. The van der Waals surface area contributed by atoms with Gasteiger partial charge in [0.2, 0.25) is 5.91 Å². The molecule has 3 N–H and O–H groups in total. The number of amides is 1. The summed E-state index contributed by atoms with van der Waals surface area (Å²) in [6.45, 7) is 6.33. The highest BCUT2D eigenvalue weighted by Gasteiger charge is 2.18. The highest BCUT2D eigenvalue weighted by molar-refractivity contribution is 5.93. The van der Waals surface area contributed by atoms with E-state index < -0.39 is 0 Å². The maximum Gasteiger partial charge on any atom is 0.238 e. The highest BCUT2D eigenvalue weighted by atomic mass is 16.2. The second-order valence-electron chi connectivity index (χ2n) is 5.43. The molecule has 1 saturated heterocycles. The van der Waals surface area contributed by atoms with Gasteiger partial charge >= 0.3 is 0 Å². The predicted molar refractivity (Wildman–Crippen MR) is 78.2 cm³/mol. The lowest BCUT2D eigenvalue weighted by atomic mass is 10.1. The first-order valence-electron chi connectivity index (χ1n) is 6.90. The number of likely N-dealkylation sites (tertiary alicyclic amines) is 1. The van der Waals surface area contributed by atoms with Crippen LogP contribution in [0.1, 0.15) is 24.0 Å². The fourth-order valence-electron chi connectivity index (χ4n) is 2.50. The summed E-state index contributed by atoms with van der Waals surface area (Å²) in [6.07, 6.45) is 1.97. The molecule has 19 heavy (non-hydrogen) atoms. The van der Waals surface area contributed by atoms with Gasteiger partial charge in [0.1, 0.15) is 0 Å². The average Bonchev–Trinajstić information content (AvgIpc) is 2.37. The van der Waals surface area contributed by atoms with E-state index in [1.807, 2.05) is 32.0 Å². The molecular weight excluding hydrogens is 238 g/mol. The molecule has 1 aromatic rings. The Labute approximate surface area is 115 Å². The minimum absolute atomic E-state index is 0.0628. The van der Waals surface area contributed by atoms with Crippen molar-refractivity contribution in [3.05, 3.63) is 29.3 Å². The first-order valence-corrected chi connectivity index (χ1v) is 6.90. The molecule has 0 unspecified atom stereocenters. The monoisotopic (exact) mass is 261 g/mol. The van der Waals surface area contributed by atoms with Gasteiger partial charge in [0.05, 0.1) is 6.54 Å². The molecule has 1 amide bonds. The molecule has 0 aromatic heterocycles. The maximum atomic E-state index is 12.1. The molecule has 2 rings (SSSR count). The van der Waals surface area contributed by atoms with Crippen molar-refractivity contribution in [2.45, 2.75) is 32.7 Å². The second kappa shape index (κ2) is 6.17. The lowest BCUT2D eigenvalue weighted by Gasteiger charge is -2.29. The number of nitrogens with zero attached hydrogens (tertiary/aromatic N) is 1. The molecule has 0 bridgehead atoms. The Balaban J connectivity index is 1.91. The fraction of sp³-hybridized carbons (Fsp3) is 0.533. The van der Waals surface area contributed by atoms with Crippen molar-refractivity contribution in [3.8, 4) is 0 Å². The van der Waals surface area contributed by atoms with Crippen LogP contribution in [0.4, 0.5) is 5.69 Å². The van der Waals surface area contributed by atoms with Crippen LogP contribution < -0.4 is 11.1 Å². The van der Waals surface area contributed by atoms with E-state index in [0.29, 0.717) is 12.6 Å². The number of anilines is 1. The number of benzene rings is 1. The van der Waals surface area contributed by atoms with E-state index in [1.165, 1.54) is 0 Å². The summed E-state index contributed by atoms with van der Waals surface area (Å²) >= 11 is 0. The zero-order valence-electron chi connectivity index (χ0n) is 11.8. The third kappa shape index (κ3) is 3.78. The summed E-state index contributed by atoms with van der Waals surface area (Å²) in [5, 5.41) is 3.03. The molecule has 1 heterocycles. The molecule has 0 spiro atoms. The standard InChI is InChI=1S/C15H23N3O/c1-11-4-3-5-12(2)15(11)17-14(19)10-18-8-6-13(16)7-9-18/h3-5,13H,6-10,16H2,1-2H3,(H,17,19). The molecule has 0 aliphatic carbocycles. The van der Waals surface area contributed by atoms with Gasteiger partial charge in [0, 0.05) is 24.8 Å². The third-order valence-corrected chi connectivity index (χ3v) is 3.74. The van der Waals surface area contributed by atoms with Gasteiger partial charge in [0.25, 0.3) is 0 Å². The molecule has 4 heteroatoms. The van der Waals surface area contributed by atoms with Crippen LogP contribution in [0.2, 0.25) is 0 Å². The number of piperidine rings is 1. The topological polar surface area (TPSA) is 58.4 Å². The molecule has 0 saturated carbocycles. The molecule has 0 atom stereocenters. The summed E-state index contributed by atoms with van der Waals surface area (Å²) in [7, 11) is 0. The van der Waals surface area contributed by atoms with Crippen LogP contribution in [-0.4, -0.2) is 36.5 Å². The zero-order chi connectivity index (χ0) is 13.8. The van der Waals surface area contributed by atoms with E-state index in [4.69, 9.17) is 5.73 Å². The van der Waals surface area contributed by atoms with E-state index in [0.717, 1.165) is 42.7 Å². The quantitative estimate of drug-likeness (QED) is 0.870. The number of carbonyl (C=O) groups excluding carboxylic acids is 1. The van der Waals surface area contributed by atoms with Crippen LogP contribution in [0.3, 0.4) is 0 Å². The van der Waals surface area contributed by atoms with Crippen molar-refractivity contribution < 1.29 is 4.79 Å². The van der Waals surface area contributed by atoms with Crippen molar-refractivity contribution in [1.82, 2.24) is 4.90 Å². The van der Waals surface area contributed by atoms with Gasteiger partial charge in [-0.1, -0.05) is 18.2 Å². The van der Waals surface area contributed by atoms with E-state index in [2.05, 4.69) is 10.2 Å². The van der Waals surface area contributed by atoms with Crippen LogP contribution in [0.5, 0.6) is 0 Å². The summed E-state index contributed by atoms with van der Waals surface area (Å²) in [6, 6.07) is 6.34. The maximum absolute atomic E-state index is 12.1.